The molecule has 0 amide bonds. The normalized spacial score (nSPS) is 25.8. The van der Waals surface area contributed by atoms with Crippen LogP contribution in [-0.2, 0) is 4.74 Å². The third-order valence-electron chi connectivity index (χ3n) is 3.34. The fourth-order valence-electron chi connectivity index (χ4n) is 2.47. The highest BCUT2D eigenvalue weighted by Gasteiger charge is 2.30. The molecule has 2 N–H and O–H groups in total. The Morgan fingerprint density at radius 3 is 2.60 bits per heavy atom. The van der Waals surface area contributed by atoms with E-state index in [9.17, 15) is 0 Å². The summed E-state index contributed by atoms with van der Waals surface area (Å²) in [6, 6.07) is 6.40. The first kappa shape index (κ1) is 10.7. The van der Waals surface area contributed by atoms with E-state index in [0.717, 1.165) is 19.6 Å². The predicted octanol–water partition coefficient (Wildman–Crippen LogP) is 2.34. The lowest BCUT2D eigenvalue weighted by molar-refractivity contribution is 0.0915. The molecule has 0 aromatic heterocycles. The summed E-state index contributed by atoms with van der Waals surface area (Å²) < 4.78 is 5.82. The van der Waals surface area contributed by atoms with Gasteiger partial charge < -0.3 is 10.5 Å². The Kier molecular flexibility index (Phi) is 3.08. The van der Waals surface area contributed by atoms with Gasteiger partial charge in [0.1, 0.15) is 0 Å². The van der Waals surface area contributed by atoms with Crippen molar-refractivity contribution in [2.24, 2.45) is 11.7 Å². The van der Waals surface area contributed by atoms with Crippen LogP contribution in [0.1, 0.15) is 29.2 Å². The number of hydrogen-bond donors (Lipinski definition) is 1. The number of benzene rings is 1. The summed E-state index contributed by atoms with van der Waals surface area (Å²) in [5.74, 6) is 0.491. The second-order valence-electron chi connectivity index (χ2n) is 4.38. The highest BCUT2D eigenvalue weighted by atomic mass is 16.5. The summed E-state index contributed by atoms with van der Waals surface area (Å²) in [5.41, 5.74) is 9.77. The van der Waals surface area contributed by atoms with Crippen molar-refractivity contribution in [2.75, 3.05) is 13.2 Å². The summed E-state index contributed by atoms with van der Waals surface area (Å²) in [4.78, 5) is 0. The zero-order chi connectivity index (χ0) is 10.8. The standard InChI is InChI=1S/C13H19NO/c1-9-4-3-5-10(2)12(9)13-11(8-14)6-7-15-13/h3-5,11,13H,6-8,14H2,1-2H3. The molecule has 0 saturated carbocycles. The van der Waals surface area contributed by atoms with Gasteiger partial charge in [0.25, 0.3) is 0 Å². The Labute approximate surface area is 91.4 Å². The zero-order valence-corrected chi connectivity index (χ0v) is 9.49. The molecule has 0 spiro atoms. The molecule has 1 aliphatic rings. The topological polar surface area (TPSA) is 35.2 Å². The minimum atomic E-state index is 0.219. The second-order valence-corrected chi connectivity index (χ2v) is 4.38. The fourth-order valence-corrected chi connectivity index (χ4v) is 2.47. The molecule has 0 aliphatic carbocycles. The molecule has 2 heteroatoms. The van der Waals surface area contributed by atoms with E-state index in [4.69, 9.17) is 10.5 Å². The minimum Gasteiger partial charge on any atom is -0.373 e. The van der Waals surface area contributed by atoms with Crippen LogP contribution in [0, 0.1) is 19.8 Å². The second kappa shape index (κ2) is 4.33. The summed E-state index contributed by atoms with van der Waals surface area (Å²) in [7, 11) is 0. The lowest BCUT2D eigenvalue weighted by Gasteiger charge is -2.21. The number of rotatable bonds is 2. The molecule has 82 valence electrons. The molecule has 1 aromatic rings. The lowest BCUT2D eigenvalue weighted by Crippen LogP contribution is -2.19. The van der Waals surface area contributed by atoms with Gasteiger partial charge in [0, 0.05) is 12.5 Å². The monoisotopic (exact) mass is 205 g/mol. The van der Waals surface area contributed by atoms with Crippen molar-refractivity contribution < 1.29 is 4.74 Å². The van der Waals surface area contributed by atoms with Crippen LogP contribution in [-0.4, -0.2) is 13.2 Å². The van der Waals surface area contributed by atoms with E-state index >= 15 is 0 Å². The maximum absolute atomic E-state index is 5.82. The van der Waals surface area contributed by atoms with Crippen molar-refractivity contribution in [3.05, 3.63) is 34.9 Å². The van der Waals surface area contributed by atoms with Crippen LogP contribution in [0.4, 0.5) is 0 Å². The first-order chi connectivity index (χ1) is 7.24. The fraction of sp³-hybridized carbons (Fsp3) is 0.538. The van der Waals surface area contributed by atoms with E-state index < -0.39 is 0 Å². The summed E-state index contributed by atoms with van der Waals surface area (Å²) in [6.07, 6.45) is 1.31. The highest BCUT2D eigenvalue weighted by molar-refractivity contribution is 5.36. The van der Waals surface area contributed by atoms with Crippen LogP contribution in [0.3, 0.4) is 0 Å². The molecule has 2 unspecified atom stereocenters. The van der Waals surface area contributed by atoms with Crippen LogP contribution >= 0.6 is 0 Å². The number of hydrogen-bond acceptors (Lipinski definition) is 2. The van der Waals surface area contributed by atoms with Gasteiger partial charge in [0.05, 0.1) is 6.10 Å². The number of aryl methyl sites for hydroxylation is 2. The molecule has 1 fully saturated rings. The highest BCUT2D eigenvalue weighted by Crippen LogP contribution is 2.36. The third kappa shape index (κ3) is 1.92. The van der Waals surface area contributed by atoms with E-state index in [0.29, 0.717) is 5.92 Å². The van der Waals surface area contributed by atoms with Gasteiger partial charge in [-0.3, -0.25) is 0 Å². The summed E-state index contributed by atoms with van der Waals surface area (Å²) in [6.45, 7) is 5.87. The Bertz CT molecular complexity index is 328. The first-order valence-electron chi connectivity index (χ1n) is 5.62. The maximum Gasteiger partial charge on any atom is 0.0871 e. The van der Waals surface area contributed by atoms with Crippen molar-refractivity contribution in [1.29, 1.82) is 0 Å². The predicted molar refractivity (Wildman–Crippen MR) is 61.8 cm³/mol. The van der Waals surface area contributed by atoms with E-state index in [1.165, 1.54) is 16.7 Å². The molecule has 2 rings (SSSR count). The Morgan fingerprint density at radius 2 is 2.00 bits per heavy atom. The van der Waals surface area contributed by atoms with Crippen molar-refractivity contribution in [2.45, 2.75) is 26.4 Å². The molecule has 1 aromatic carbocycles. The van der Waals surface area contributed by atoms with Crippen LogP contribution in [0.25, 0.3) is 0 Å². The first-order valence-corrected chi connectivity index (χ1v) is 5.62. The Hall–Kier alpha value is -0.860. The summed E-state index contributed by atoms with van der Waals surface area (Å²) >= 11 is 0. The molecule has 1 heterocycles. The van der Waals surface area contributed by atoms with Gasteiger partial charge in [-0.25, -0.2) is 0 Å². The Balaban J connectivity index is 2.36. The van der Waals surface area contributed by atoms with Gasteiger partial charge in [0.2, 0.25) is 0 Å². The van der Waals surface area contributed by atoms with Crippen molar-refractivity contribution in [3.63, 3.8) is 0 Å². The summed E-state index contributed by atoms with van der Waals surface area (Å²) in [5, 5.41) is 0. The average molecular weight is 205 g/mol. The molecule has 0 radical (unpaired) electrons. The van der Waals surface area contributed by atoms with E-state index in [1.54, 1.807) is 0 Å². The zero-order valence-electron chi connectivity index (χ0n) is 9.49. The number of ether oxygens (including phenoxy) is 1. The minimum absolute atomic E-state index is 0.219. The van der Waals surface area contributed by atoms with Gasteiger partial charge in [0.15, 0.2) is 0 Å². The SMILES string of the molecule is Cc1cccc(C)c1C1OCCC1CN. The van der Waals surface area contributed by atoms with Gasteiger partial charge >= 0.3 is 0 Å². The van der Waals surface area contributed by atoms with Crippen molar-refractivity contribution in [3.8, 4) is 0 Å². The lowest BCUT2D eigenvalue weighted by atomic mass is 9.90. The van der Waals surface area contributed by atoms with Crippen molar-refractivity contribution in [1.82, 2.24) is 0 Å². The van der Waals surface area contributed by atoms with Crippen LogP contribution in [0.15, 0.2) is 18.2 Å². The Morgan fingerprint density at radius 1 is 1.33 bits per heavy atom. The van der Waals surface area contributed by atoms with Gasteiger partial charge in [-0.05, 0) is 43.5 Å². The molecule has 2 nitrogen and oxygen atoms in total. The molecule has 0 bridgehead atoms. The van der Waals surface area contributed by atoms with Gasteiger partial charge in [-0.15, -0.1) is 0 Å². The van der Waals surface area contributed by atoms with Crippen LogP contribution < -0.4 is 5.73 Å². The molecule has 1 aliphatic heterocycles. The van der Waals surface area contributed by atoms with Crippen LogP contribution in [0.2, 0.25) is 0 Å². The molecular formula is C13H19NO. The van der Waals surface area contributed by atoms with Crippen LogP contribution in [0.5, 0.6) is 0 Å². The molecular weight excluding hydrogens is 186 g/mol. The van der Waals surface area contributed by atoms with Crippen molar-refractivity contribution >= 4 is 0 Å². The molecule has 2 atom stereocenters. The quantitative estimate of drug-likeness (QED) is 0.804. The average Bonchev–Trinajstić information content (AvgIpc) is 2.65. The van der Waals surface area contributed by atoms with E-state index in [-0.39, 0.29) is 6.10 Å². The molecule has 15 heavy (non-hydrogen) atoms. The maximum atomic E-state index is 5.82. The van der Waals surface area contributed by atoms with E-state index in [1.807, 2.05) is 0 Å². The van der Waals surface area contributed by atoms with E-state index in [2.05, 4.69) is 32.0 Å². The smallest absolute Gasteiger partial charge is 0.0871 e. The largest absolute Gasteiger partial charge is 0.373 e. The third-order valence-corrected chi connectivity index (χ3v) is 3.34. The number of nitrogens with two attached hydrogens (primary N) is 1. The van der Waals surface area contributed by atoms with Gasteiger partial charge in [-0.2, -0.15) is 0 Å². The van der Waals surface area contributed by atoms with Gasteiger partial charge in [-0.1, -0.05) is 18.2 Å². The molecule has 1 saturated heterocycles.